The predicted molar refractivity (Wildman–Crippen MR) is 52.0 cm³/mol. The van der Waals surface area contributed by atoms with Crippen LogP contribution in [0.1, 0.15) is 20.8 Å². The molecule has 0 aromatic carbocycles. The van der Waals surface area contributed by atoms with E-state index in [4.69, 9.17) is 0 Å². The third kappa shape index (κ3) is 2.81. The minimum absolute atomic E-state index is 0.150. The first-order chi connectivity index (χ1) is 4.46. The maximum absolute atomic E-state index is 4.03. The first-order valence-electron chi connectivity index (χ1n) is 3.73. The molecule has 2 atom stereocenters. The van der Waals surface area contributed by atoms with Crippen molar-refractivity contribution < 1.29 is 0 Å². The van der Waals surface area contributed by atoms with Crippen LogP contribution in [-0.2, 0) is 0 Å². The smallest absolute Gasteiger partial charge is 0.133 e. The molecular weight excluding hydrogens is 141 g/mol. The molecule has 0 saturated heterocycles. The molecule has 0 aliphatic carbocycles. The second-order valence-corrected chi connectivity index (χ2v) is 5.16. The highest BCUT2D eigenvalue weighted by Crippen LogP contribution is 2.24. The molecule has 0 aliphatic heterocycles. The fourth-order valence-corrected chi connectivity index (χ4v) is 1.63. The largest absolute Gasteiger partial charge is 0.173 e. The summed E-state index contributed by atoms with van der Waals surface area (Å²) in [5, 5.41) is 0. The standard InChI is InChI=1S/C8H19NP/c1-7(2)8(3)9(4)10(5)6/h7-8H,5H2,1-4,6H3/q+1. The Bertz CT molecular complexity index is 120. The van der Waals surface area contributed by atoms with Gasteiger partial charge in [0.15, 0.2) is 7.70 Å². The molecule has 0 saturated carbocycles. The van der Waals surface area contributed by atoms with Crippen LogP contribution in [-0.4, -0.2) is 30.7 Å². The van der Waals surface area contributed by atoms with E-state index in [1.165, 1.54) is 0 Å². The normalized spacial score (nSPS) is 16.1. The summed E-state index contributed by atoms with van der Waals surface area (Å²) < 4.78 is 2.36. The summed E-state index contributed by atoms with van der Waals surface area (Å²) in [6.07, 6.45) is 4.03. The minimum atomic E-state index is -0.150. The molecule has 1 nitrogen and oxygen atoms in total. The van der Waals surface area contributed by atoms with Crippen LogP contribution in [0.5, 0.6) is 0 Å². The van der Waals surface area contributed by atoms with E-state index in [0.29, 0.717) is 6.04 Å². The van der Waals surface area contributed by atoms with Crippen LogP contribution in [0.25, 0.3) is 0 Å². The average molecular weight is 160 g/mol. The van der Waals surface area contributed by atoms with E-state index < -0.39 is 0 Å². The van der Waals surface area contributed by atoms with Crippen molar-refractivity contribution in [3.63, 3.8) is 0 Å². The zero-order chi connectivity index (χ0) is 8.31. The van der Waals surface area contributed by atoms with Crippen molar-refractivity contribution in [3.8, 4) is 0 Å². The van der Waals surface area contributed by atoms with Crippen LogP contribution < -0.4 is 0 Å². The molecule has 2 unspecified atom stereocenters. The molecule has 0 heterocycles. The average Bonchev–Trinajstić information content (AvgIpc) is 1.84. The minimum Gasteiger partial charge on any atom is -0.133 e. The lowest BCUT2D eigenvalue weighted by molar-refractivity contribution is 0.337. The second kappa shape index (κ2) is 4.10. The molecule has 0 spiro atoms. The summed E-state index contributed by atoms with van der Waals surface area (Å²) in [6.45, 7) is 8.95. The van der Waals surface area contributed by atoms with Gasteiger partial charge in [0.25, 0.3) is 0 Å². The number of rotatable bonds is 3. The Morgan fingerprint density at radius 2 is 1.70 bits per heavy atom. The molecule has 0 bridgehead atoms. The van der Waals surface area contributed by atoms with Gasteiger partial charge in [0.2, 0.25) is 0 Å². The van der Waals surface area contributed by atoms with Crippen molar-refractivity contribution >= 4 is 14.0 Å². The van der Waals surface area contributed by atoms with Gasteiger partial charge in [-0.05, 0) is 12.8 Å². The van der Waals surface area contributed by atoms with Crippen LogP contribution in [0, 0.1) is 5.92 Å². The summed E-state index contributed by atoms with van der Waals surface area (Å²) in [7, 11) is 2.01. The Kier molecular flexibility index (Phi) is 4.15. The Balaban J connectivity index is 3.94. The third-order valence-electron chi connectivity index (χ3n) is 2.09. The fourth-order valence-electron chi connectivity index (χ4n) is 0.742. The molecule has 0 radical (unpaired) electrons. The van der Waals surface area contributed by atoms with Crippen LogP contribution in [0.15, 0.2) is 0 Å². The van der Waals surface area contributed by atoms with Crippen molar-refractivity contribution in [1.29, 1.82) is 0 Å². The molecule has 0 N–H and O–H groups in total. The topological polar surface area (TPSA) is 3.24 Å². The molecular formula is C8H19NP+. The van der Waals surface area contributed by atoms with Gasteiger partial charge in [-0.1, -0.05) is 13.8 Å². The first-order valence-corrected chi connectivity index (χ1v) is 5.66. The van der Waals surface area contributed by atoms with Gasteiger partial charge < -0.3 is 0 Å². The number of nitrogens with zero attached hydrogens (tertiary/aromatic N) is 1. The van der Waals surface area contributed by atoms with Gasteiger partial charge in [-0.15, -0.1) is 4.67 Å². The maximum atomic E-state index is 4.03. The molecule has 0 rings (SSSR count). The van der Waals surface area contributed by atoms with Gasteiger partial charge in [0, 0.05) is 7.05 Å². The molecule has 0 fully saturated rings. The molecule has 10 heavy (non-hydrogen) atoms. The van der Waals surface area contributed by atoms with Crippen molar-refractivity contribution in [3.05, 3.63) is 0 Å². The summed E-state index contributed by atoms with van der Waals surface area (Å²) in [4.78, 5) is 0. The van der Waals surface area contributed by atoms with E-state index in [0.717, 1.165) is 5.92 Å². The van der Waals surface area contributed by atoms with E-state index >= 15 is 0 Å². The van der Waals surface area contributed by atoms with Crippen LogP contribution in [0.2, 0.25) is 0 Å². The Labute approximate surface area is 65.9 Å². The van der Waals surface area contributed by atoms with Crippen molar-refractivity contribution in [2.75, 3.05) is 13.7 Å². The number of hydrogen-bond donors (Lipinski definition) is 0. The summed E-state index contributed by atoms with van der Waals surface area (Å²) in [5.74, 6) is 0.733. The quantitative estimate of drug-likeness (QED) is 0.573. The number of hydrogen-bond acceptors (Lipinski definition) is 1. The molecule has 0 amide bonds. The highest BCUT2D eigenvalue weighted by Gasteiger charge is 2.19. The summed E-state index contributed by atoms with van der Waals surface area (Å²) in [6, 6.07) is 0.661. The van der Waals surface area contributed by atoms with Gasteiger partial charge in [0.1, 0.15) is 6.66 Å². The third-order valence-corrected chi connectivity index (χ3v) is 3.53. The van der Waals surface area contributed by atoms with E-state index in [9.17, 15) is 0 Å². The molecule has 2 heteroatoms. The van der Waals surface area contributed by atoms with Crippen molar-refractivity contribution in [1.82, 2.24) is 4.67 Å². The lowest BCUT2D eigenvalue weighted by Gasteiger charge is -2.19. The first kappa shape index (κ1) is 10.1. The van der Waals surface area contributed by atoms with Gasteiger partial charge in [0.05, 0.1) is 12.3 Å². The molecule has 0 aromatic rings. The van der Waals surface area contributed by atoms with Crippen LogP contribution in [0.3, 0.4) is 0 Å². The van der Waals surface area contributed by atoms with Gasteiger partial charge in [-0.25, -0.2) is 0 Å². The Morgan fingerprint density at radius 1 is 1.30 bits per heavy atom. The van der Waals surface area contributed by atoms with E-state index in [1.54, 1.807) is 0 Å². The highest BCUT2D eigenvalue weighted by molar-refractivity contribution is 7.52. The van der Waals surface area contributed by atoms with Gasteiger partial charge in [-0.3, -0.25) is 0 Å². The lowest BCUT2D eigenvalue weighted by Crippen LogP contribution is -2.27. The zero-order valence-electron chi connectivity index (χ0n) is 7.76. The molecule has 0 aromatic heterocycles. The summed E-state index contributed by atoms with van der Waals surface area (Å²) in [5.41, 5.74) is 0. The Hall–Kier alpha value is 0.130. The highest BCUT2D eigenvalue weighted by atomic mass is 31.1. The molecule has 60 valence electrons. The van der Waals surface area contributed by atoms with E-state index in [-0.39, 0.29) is 7.70 Å². The van der Waals surface area contributed by atoms with Gasteiger partial charge >= 0.3 is 0 Å². The van der Waals surface area contributed by atoms with Crippen LogP contribution >= 0.6 is 7.70 Å². The van der Waals surface area contributed by atoms with Crippen molar-refractivity contribution in [2.45, 2.75) is 26.8 Å². The maximum Gasteiger partial charge on any atom is 0.173 e. The predicted octanol–water partition coefficient (Wildman–Crippen LogP) is 2.42. The second-order valence-electron chi connectivity index (χ2n) is 3.22. The zero-order valence-corrected chi connectivity index (χ0v) is 8.65. The SMILES string of the molecule is C=[P+](C)N(C)C(C)C(C)C. The van der Waals surface area contributed by atoms with Crippen LogP contribution in [0.4, 0.5) is 0 Å². The van der Waals surface area contributed by atoms with Gasteiger partial charge in [-0.2, -0.15) is 0 Å². The summed E-state index contributed by atoms with van der Waals surface area (Å²) >= 11 is 0. The fraction of sp³-hybridized carbons (Fsp3) is 0.875. The van der Waals surface area contributed by atoms with Crippen molar-refractivity contribution in [2.24, 2.45) is 5.92 Å². The molecule has 0 aliphatic rings. The lowest BCUT2D eigenvalue weighted by atomic mass is 10.1. The van der Waals surface area contributed by atoms with E-state index in [2.05, 4.69) is 45.5 Å². The van der Waals surface area contributed by atoms with E-state index in [1.807, 2.05) is 0 Å². The monoisotopic (exact) mass is 160 g/mol. The Morgan fingerprint density at radius 3 is 1.80 bits per heavy atom.